The Labute approximate surface area is 207 Å². The molecule has 3 rings (SSSR count). The van der Waals surface area contributed by atoms with Crippen LogP contribution in [-0.4, -0.2) is 36.7 Å². The van der Waals surface area contributed by atoms with Crippen LogP contribution in [0.25, 0.3) is 6.08 Å². The molecule has 0 aromatic heterocycles. The van der Waals surface area contributed by atoms with Gasteiger partial charge in [0.25, 0.3) is 0 Å². The molecular weight excluding hydrogens is 452 g/mol. The molecule has 1 atom stereocenters. The summed E-state index contributed by atoms with van der Waals surface area (Å²) in [7, 11) is -5.81. The van der Waals surface area contributed by atoms with E-state index in [0.717, 1.165) is 12.0 Å². The summed E-state index contributed by atoms with van der Waals surface area (Å²) in [5.74, 6) is 0. The van der Waals surface area contributed by atoms with Crippen LogP contribution in [0.1, 0.15) is 39.7 Å². The molecule has 0 radical (unpaired) electrons. The standard InChI is InChI=1S/C29H38O3Si2/c1-6-25-18-17-23-28(24-25)33(26-19-13-11-14-20-26,27-21-15-12-16-22-27)29(7-2)34(30-8-3,31-9-4)32-10-5/h6,11-24,29H,1,7-10H2,2-5H3. The molecule has 5 heteroatoms. The van der Waals surface area contributed by atoms with Crippen molar-refractivity contribution in [2.24, 2.45) is 0 Å². The molecule has 0 N–H and O–H groups in total. The van der Waals surface area contributed by atoms with Crippen molar-refractivity contribution in [2.75, 3.05) is 19.8 Å². The molecule has 0 aliphatic carbocycles. The van der Waals surface area contributed by atoms with Crippen molar-refractivity contribution in [3.63, 3.8) is 0 Å². The van der Waals surface area contributed by atoms with Crippen molar-refractivity contribution in [2.45, 2.75) is 39.3 Å². The predicted octanol–water partition coefficient (Wildman–Crippen LogP) is 5.17. The van der Waals surface area contributed by atoms with Gasteiger partial charge in [-0.15, -0.1) is 0 Å². The summed E-state index contributed by atoms with van der Waals surface area (Å²) in [6, 6.07) is 30.8. The fourth-order valence-electron chi connectivity index (χ4n) is 5.27. The zero-order valence-corrected chi connectivity index (χ0v) is 23.0. The normalized spacial score (nSPS) is 12.9. The zero-order chi connectivity index (χ0) is 24.4. The van der Waals surface area contributed by atoms with Crippen LogP contribution in [0.15, 0.2) is 91.5 Å². The third-order valence-electron chi connectivity index (χ3n) is 6.43. The lowest BCUT2D eigenvalue weighted by Crippen LogP contribution is -2.76. The lowest BCUT2D eigenvalue weighted by molar-refractivity contribution is 0.0671. The van der Waals surface area contributed by atoms with Crippen LogP contribution in [0, 0.1) is 0 Å². The van der Waals surface area contributed by atoms with Gasteiger partial charge in [0, 0.05) is 25.0 Å². The lowest BCUT2D eigenvalue weighted by atomic mass is 10.2. The van der Waals surface area contributed by atoms with Gasteiger partial charge in [-0.3, -0.25) is 0 Å². The van der Waals surface area contributed by atoms with Crippen molar-refractivity contribution >= 4 is 38.5 Å². The summed E-state index contributed by atoms with van der Waals surface area (Å²) in [5.41, 5.74) is 1.12. The Morgan fingerprint density at radius 2 is 1.15 bits per heavy atom. The smallest absolute Gasteiger partial charge is 0.374 e. The third kappa shape index (κ3) is 5.04. The van der Waals surface area contributed by atoms with Crippen LogP contribution >= 0.6 is 0 Å². The molecule has 0 fully saturated rings. The molecule has 3 aromatic rings. The van der Waals surface area contributed by atoms with Crippen LogP contribution in [0.2, 0.25) is 5.16 Å². The molecule has 180 valence electrons. The summed E-state index contributed by atoms with van der Waals surface area (Å²) >= 11 is 0. The van der Waals surface area contributed by atoms with Crippen LogP contribution in [0.5, 0.6) is 0 Å². The quantitative estimate of drug-likeness (QED) is 0.244. The molecule has 0 saturated carbocycles. The SMILES string of the molecule is C=Cc1cccc([Si](c2ccccc2)(c2ccccc2)C(CC)[Si](OCC)(OCC)OCC)c1. The number of hydrogen-bond acceptors (Lipinski definition) is 3. The van der Waals surface area contributed by atoms with E-state index in [9.17, 15) is 0 Å². The highest BCUT2D eigenvalue weighted by molar-refractivity contribution is 7.17. The second kappa shape index (κ2) is 12.4. The Morgan fingerprint density at radius 1 is 0.676 bits per heavy atom. The van der Waals surface area contributed by atoms with E-state index in [1.807, 2.05) is 26.8 Å². The largest absolute Gasteiger partial charge is 0.502 e. The summed E-state index contributed by atoms with van der Waals surface area (Å²) in [6.45, 7) is 14.1. The maximum Gasteiger partial charge on any atom is 0.502 e. The second-order valence-electron chi connectivity index (χ2n) is 8.23. The molecule has 3 aromatic carbocycles. The van der Waals surface area contributed by atoms with Gasteiger partial charge in [0.1, 0.15) is 0 Å². The third-order valence-corrected chi connectivity index (χ3v) is 17.3. The maximum atomic E-state index is 6.60. The lowest BCUT2D eigenvalue weighted by Gasteiger charge is -2.46. The summed E-state index contributed by atoms with van der Waals surface area (Å²) in [6.07, 6.45) is 2.82. The molecule has 0 saturated heterocycles. The highest BCUT2D eigenvalue weighted by Gasteiger charge is 2.61. The average Bonchev–Trinajstić information content (AvgIpc) is 2.88. The highest BCUT2D eigenvalue weighted by Crippen LogP contribution is 2.37. The maximum absolute atomic E-state index is 6.60. The van der Waals surface area contributed by atoms with Gasteiger partial charge in [-0.25, -0.2) is 0 Å². The molecule has 0 spiro atoms. The number of benzene rings is 3. The van der Waals surface area contributed by atoms with Crippen molar-refractivity contribution in [1.82, 2.24) is 0 Å². The first kappa shape index (κ1) is 26.3. The first-order valence-electron chi connectivity index (χ1n) is 12.4. The Morgan fingerprint density at radius 3 is 1.56 bits per heavy atom. The van der Waals surface area contributed by atoms with E-state index in [-0.39, 0.29) is 5.16 Å². The van der Waals surface area contributed by atoms with E-state index in [0.29, 0.717) is 19.8 Å². The minimum Gasteiger partial charge on any atom is -0.374 e. The van der Waals surface area contributed by atoms with Gasteiger partial charge in [0.2, 0.25) is 0 Å². The Balaban J connectivity index is 2.49. The van der Waals surface area contributed by atoms with Crippen molar-refractivity contribution < 1.29 is 13.3 Å². The van der Waals surface area contributed by atoms with Gasteiger partial charge in [0.15, 0.2) is 8.07 Å². The predicted molar refractivity (Wildman–Crippen MR) is 149 cm³/mol. The Hall–Kier alpha value is -2.29. The molecule has 0 aliphatic rings. The topological polar surface area (TPSA) is 27.7 Å². The van der Waals surface area contributed by atoms with E-state index >= 15 is 0 Å². The summed E-state index contributed by atoms with van der Waals surface area (Å²) in [5, 5.41) is 4.09. The molecule has 0 bridgehead atoms. The van der Waals surface area contributed by atoms with Gasteiger partial charge in [-0.1, -0.05) is 111 Å². The first-order valence-corrected chi connectivity index (χ1v) is 16.3. The van der Waals surface area contributed by atoms with Gasteiger partial charge >= 0.3 is 8.80 Å². The van der Waals surface area contributed by atoms with E-state index in [1.54, 1.807) is 0 Å². The fourth-order valence-corrected chi connectivity index (χ4v) is 17.2. The van der Waals surface area contributed by atoms with Gasteiger partial charge in [-0.2, -0.15) is 0 Å². The second-order valence-corrected chi connectivity index (χ2v) is 15.6. The molecule has 3 nitrogen and oxygen atoms in total. The minimum atomic E-state index is -3.10. The average molecular weight is 491 g/mol. The fraction of sp³-hybridized carbons (Fsp3) is 0.310. The van der Waals surface area contributed by atoms with E-state index in [2.05, 4.69) is 98.4 Å². The monoisotopic (exact) mass is 490 g/mol. The van der Waals surface area contributed by atoms with Crippen LogP contribution in [0.4, 0.5) is 0 Å². The van der Waals surface area contributed by atoms with Gasteiger partial charge in [0.05, 0.1) is 0 Å². The van der Waals surface area contributed by atoms with Crippen molar-refractivity contribution in [1.29, 1.82) is 0 Å². The van der Waals surface area contributed by atoms with Crippen LogP contribution in [-0.2, 0) is 13.3 Å². The van der Waals surface area contributed by atoms with Gasteiger partial charge in [-0.05, 0) is 41.9 Å². The molecule has 34 heavy (non-hydrogen) atoms. The summed E-state index contributed by atoms with van der Waals surface area (Å²) in [4.78, 5) is 0. The molecule has 0 aliphatic heterocycles. The Kier molecular flexibility index (Phi) is 9.62. The van der Waals surface area contributed by atoms with Crippen molar-refractivity contribution in [3.05, 3.63) is 97.1 Å². The molecule has 0 heterocycles. The van der Waals surface area contributed by atoms with E-state index < -0.39 is 16.9 Å². The van der Waals surface area contributed by atoms with E-state index in [4.69, 9.17) is 13.3 Å². The molecular formula is C29H38O3Si2. The Bertz CT molecular complexity index is 967. The number of rotatable bonds is 13. The summed E-state index contributed by atoms with van der Waals surface area (Å²) < 4.78 is 19.8. The van der Waals surface area contributed by atoms with E-state index in [1.165, 1.54) is 15.6 Å². The highest BCUT2D eigenvalue weighted by atomic mass is 28.4. The van der Waals surface area contributed by atoms with Gasteiger partial charge < -0.3 is 13.3 Å². The number of hydrogen-bond donors (Lipinski definition) is 0. The minimum absolute atomic E-state index is 0.0877. The first-order chi connectivity index (χ1) is 16.6. The van der Waals surface area contributed by atoms with Crippen LogP contribution in [0.3, 0.4) is 0 Å². The van der Waals surface area contributed by atoms with Crippen molar-refractivity contribution in [3.8, 4) is 0 Å². The zero-order valence-electron chi connectivity index (χ0n) is 21.0. The molecule has 1 unspecified atom stereocenters. The van der Waals surface area contributed by atoms with Crippen LogP contribution < -0.4 is 15.6 Å². The molecule has 0 amide bonds.